The first-order chi connectivity index (χ1) is 21.8. The van der Waals surface area contributed by atoms with Crippen molar-refractivity contribution in [3.8, 4) is 11.5 Å². The molecule has 236 valence electrons. The molecule has 7 rings (SSSR count). The van der Waals surface area contributed by atoms with Gasteiger partial charge in [-0.2, -0.15) is 0 Å². The van der Waals surface area contributed by atoms with E-state index in [9.17, 15) is 14.7 Å². The largest absolute Gasteiger partial charge is 0.483 e. The summed E-state index contributed by atoms with van der Waals surface area (Å²) in [4.78, 5) is 30.6. The minimum absolute atomic E-state index is 0.0412. The zero-order valence-corrected chi connectivity index (χ0v) is 26.2. The van der Waals surface area contributed by atoms with Crippen LogP contribution in [0.3, 0.4) is 0 Å². The molecule has 2 aromatic carbocycles. The molecular weight excluding hydrogens is 568 g/mol. The van der Waals surface area contributed by atoms with Crippen LogP contribution in [0.15, 0.2) is 71.6 Å². The number of hydrogen-bond donors (Lipinski definition) is 1. The Morgan fingerprint density at radius 1 is 1.16 bits per heavy atom. The van der Waals surface area contributed by atoms with Gasteiger partial charge < -0.3 is 23.9 Å². The molecule has 2 fully saturated rings. The lowest BCUT2D eigenvalue weighted by Crippen LogP contribution is -2.69. The molecule has 2 bridgehead atoms. The Hall–Kier alpha value is -3.88. The van der Waals surface area contributed by atoms with Crippen molar-refractivity contribution in [1.29, 1.82) is 0 Å². The fraction of sp³-hybridized carbons (Fsp3) is 0.459. The maximum atomic E-state index is 13.9. The third-order valence-electron chi connectivity index (χ3n) is 10.4. The molecule has 1 N–H and O–H groups in total. The number of ether oxygens (including phenoxy) is 2. The fourth-order valence-corrected chi connectivity index (χ4v) is 8.79. The molecule has 6 atom stereocenters. The van der Waals surface area contributed by atoms with Gasteiger partial charge in [0.2, 0.25) is 5.91 Å². The van der Waals surface area contributed by atoms with E-state index in [0.29, 0.717) is 24.6 Å². The number of rotatable bonds is 9. The van der Waals surface area contributed by atoms with Crippen LogP contribution in [0.1, 0.15) is 68.4 Å². The highest BCUT2D eigenvalue weighted by Gasteiger charge is 2.66. The van der Waals surface area contributed by atoms with E-state index in [0.717, 1.165) is 43.4 Å². The summed E-state index contributed by atoms with van der Waals surface area (Å²) in [6.45, 7) is 7.68. The average molecular weight is 611 g/mol. The van der Waals surface area contributed by atoms with Crippen LogP contribution in [0, 0.1) is 11.8 Å². The van der Waals surface area contributed by atoms with Crippen molar-refractivity contribution in [3.63, 3.8) is 0 Å². The molecule has 2 aliphatic carbocycles. The van der Waals surface area contributed by atoms with Gasteiger partial charge in [0.1, 0.15) is 6.10 Å². The molecule has 1 aromatic heterocycles. The molecule has 1 saturated carbocycles. The lowest BCUT2D eigenvalue weighted by molar-refractivity contribution is -0.139. The summed E-state index contributed by atoms with van der Waals surface area (Å²) in [5, 5.41) is 11.2. The second-order valence-electron chi connectivity index (χ2n) is 13.6. The van der Waals surface area contributed by atoms with Gasteiger partial charge in [-0.15, -0.1) is 0 Å². The maximum absolute atomic E-state index is 13.9. The topological polar surface area (TPSA) is 92.5 Å². The lowest BCUT2D eigenvalue weighted by Gasteiger charge is -2.60. The van der Waals surface area contributed by atoms with E-state index in [1.165, 1.54) is 18.1 Å². The Bertz CT molecular complexity index is 1580. The van der Waals surface area contributed by atoms with Gasteiger partial charge in [0.25, 0.3) is 0 Å². The van der Waals surface area contributed by atoms with E-state index in [1.807, 2.05) is 47.4 Å². The van der Waals surface area contributed by atoms with Crippen LogP contribution in [0.5, 0.6) is 11.5 Å². The molecule has 1 unspecified atom stereocenters. The minimum atomic E-state index is -0.573. The molecule has 45 heavy (non-hydrogen) atoms. The number of aliphatic hydroxyl groups excluding tert-OH is 1. The third-order valence-corrected chi connectivity index (χ3v) is 10.4. The smallest absolute Gasteiger partial charge is 0.308 e. The van der Waals surface area contributed by atoms with Crippen LogP contribution >= 0.6 is 0 Å². The summed E-state index contributed by atoms with van der Waals surface area (Å²) in [6, 6.07) is 15.8. The van der Waals surface area contributed by atoms with Crippen molar-refractivity contribution >= 4 is 18.0 Å². The van der Waals surface area contributed by atoms with Gasteiger partial charge in [-0.3, -0.25) is 14.5 Å². The van der Waals surface area contributed by atoms with Gasteiger partial charge in [0, 0.05) is 48.7 Å². The van der Waals surface area contributed by atoms with Crippen molar-refractivity contribution in [2.45, 2.75) is 76.2 Å². The highest BCUT2D eigenvalue weighted by atomic mass is 16.6. The van der Waals surface area contributed by atoms with E-state index >= 15 is 0 Å². The number of nitrogens with zero attached hydrogens (tertiary/aromatic N) is 2. The minimum Gasteiger partial charge on any atom is -0.483 e. The Kier molecular flexibility index (Phi) is 7.82. The number of aliphatic hydroxyl groups is 1. The number of hydrogen-bond acceptors (Lipinski definition) is 7. The first-order valence-corrected chi connectivity index (χ1v) is 16.3. The molecule has 0 radical (unpaired) electrons. The van der Waals surface area contributed by atoms with Crippen LogP contribution in [0.4, 0.5) is 0 Å². The molecule has 8 heteroatoms. The van der Waals surface area contributed by atoms with Gasteiger partial charge in [-0.05, 0) is 73.4 Å². The van der Waals surface area contributed by atoms with Crippen LogP contribution in [0.25, 0.3) is 6.08 Å². The zero-order valence-electron chi connectivity index (χ0n) is 26.2. The third kappa shape index (κ3) is 5.18. The van der Waals surface area contributed by atoms with Crippen molar-refractivity contribution in [2.75, 3.05) is 19.6 Å². The van der Waals surface area contributed by atoms with E-state index in [2.05, 4.69) is 24.8 Å². The first kappa shape index (κ1) is 29.8. The summed E-state index contributed by atoms with van der Waals surface area (Å²) < 4.78 is 17.9. The van der Waals surface area contributed by atoms with Crippen LogP contribution in [-0.4, -0.2) is 64.6 Å². The van der Waals surface area contributed by atoms with Gasteiger partial charge >= 0.3 is 5.97 Å². The number of furan rings is 1. The summed E-state index contributed by atoms with van der Waals surface area (Å²) >= 11 is 0. The average Bonchev–Trinajstić information content (AvgIpc) is 3.67. The Balaban J connectivity index is 1.27. The summed E-state index contributed by atoms with van der Waals surface area (Å²) in [5.74, 6) is 1.27. The molecule has 4 aliphatic rings. The number of β-amino-alcohol motifs (C(OH)–C–C–N with tert-alkyl or cyclic N) is 1. The number of piperidine rings is 1. The molecule has 1 spiro atoms. The van der Waals surface area contributed by atoms with Gasteiger partial charge in [-0.25, -0.2) is 0 Å². The van der Waals surface area contributed by atoms with Crippen molar-refractivity contribution in [3.05, 3.63) is 89.4 Å². The van der Waals surface area contributed by atoms with Crippen LogP contribution in [-0.2, 0) is 21.4 Å². The molecular formula is C37H42N2O6. The highest BCUT2D eigenvalue weighted by molar-refractivity contribution is 5.92. The van der Waals surface area contributed by atoms with Crippen LogP contribution < -0.4 is 9.47 Å². The van der Waals surface area contributed by atoms with E-state index in [4.69, 9.17) is 13.9 Å². The number of amides is 1. The predicted molar refractivity (Wildman–Crippen MR) is 170 cm³/mol. The Labute approximate surface area is 264 Å². The maximum Gasteiger partial charge on any atom is 0.308 e. The highest BCUT2D eigenvalue weighted by Crippen LogP contribution is 2.64. The molecule has 8 nitrogen and oxygen atoms in total. The molecule has 1 amide bonds. The quantitative estimate of drug-likeness (QED) is 0.193. The predicted octanol–water partition coefficient (Wildman–Crippen LogP) is 5.54. The second-order valence-corrected chi connectivity index (χ2v) is 13.6. The molecule has 3 aromatic rings. The number of esters is 1. The molecule has 2 aliphatic heterocycles. The SMILES string of the molecule is CC(=O)Oc1ccc2c3c1O[C@H]1[C@H](N(CC(C)C)C(=O)C=Cc4ccoc4)CC[C@H]4[C@@H](C2)N(CC(O)c2ccccc2)CC[C@@]341. The van der Waals surface area contributed by atoms with E-state index in [-0.39, 0.29) is 47.3 Å². The lowest BCUT2D eigenvalue weighted by atomic mass is 9.51. The van der Waals surface area contributed by atoms with E-state index < -0.39 is 6.10 Å². The zero-order chi connectivity index (χ0) is 31.3. The summed E-state index contributed by atoms with van der Waals surface area (Å²) in [6.07, 6.45) is 9.28. The van der Waals surface area contributed by atoms with Crippen LogP contribution in [0.2, 0.25) is 0 Å². The number of carbonyl (C=O) groups excluding carboxylic acids is 2. The molecule has 1 saturated heterocycles. The van der Waals surface area contributed by atoms with Crippen molar-refractivity contribution in [1.82, 2.24) is 9.80 Å². The Morgan fingerprint density at radius 2 is 1.98 bits per heavy atom. The van der Waals surface area contributed by atoms with Crippen molar-refractivity contribution < 1.29 is 28.6 Å². The fourth-order valence-electron chi connectivity index (χ4n) is 8.79. The van der Waals surface area contributed by atoms with Crippen molar-refractivity contribution in [2.24, 2.45) is 11.8 Å². The van der Waals surface area contributed by atoms with Gasteiger partial charge in [0.15, 0.2) is 11.5 Å². The number of benzene rings is 2. The first-order valence-electron chi connectivity index (χ1n) is 16.3. The summed E-state index contributed by atoms with van der Waals surface area (Å²) in [5.41, 5.74) is 3.84. The second kappa shape index (κ2) is 11.8. The van der Waals surface area contributed by atoms with Gasteiger partial charge in [-0.1, -0.05) is 50.2 Å². The van der Waals surface area contributed by atoms with Gasteiger partial charge in [0.05, 0.1) is 24.7 Å². The summed E-state index contributed by atoms with van der Waals surface area (Å²) in [7, 11) is 0. The number of likely N-dealkylation sites (tertiary alicyclic amines) is 1. The van der Waals surface area contributed by atoms with E-state index in [1.54, 1.807) is 24.7 Å². The molecule has 3 heterocycles. The standard InChI is InChI=1S/C37H42N2O6/c1-23(2)20-39(33(42)14-9-25-15-18-43-22-25)29-12-11-28-30-19-27-10-13-32(44-24(3)40)35-34(27)37(28,36(29)45-35)16-17-38(30)21-31(41)26-7-5-4-6-8-26/h4-10,13-15,18,22-23,28-31,36,41H,11-12,16-17,19-21H2,1-3H3/t28-,29+,30+,31?,36-,37-/m0/s1. The number of carbonyl (C=O) groups is 2. The normalized spacial score (nSPS) is 27.2. The Morgan fingerprint density at radius 3 is 2.71 bits per heavy atom. The monoisotopic (exact) mass is 610 g/mol.